The van der Waals surface area contributed by atoms with E-state index in [9.17, 15) is 4.79 Å². The quantitative estimate of drug-likeness (QED) is 0.538. The van der Waals surface area contributed by atoms with Gasteiger partial charge in [-0.3, -0.25) is 0 Å². The van der Waals surface area contributed by atoms with E-state index in [0.717, 1.165) is 26.3 Å². The smallest absolute Gasteiger partial charge is 0.318 e. The number of halogens is 1. The van der Waals surface area contributed by atoms with Crippen LogP contribution in [0.4, 0.5) is 10.5 Å². The molecule has 0 aliphatic carbocycles. The van der Waals surface area contributed by atoms with Gasteiger partial charge in [-0.15, -0.1) is 11.3 Å². The summed E-state index contributed by atoms with van der Waals surface area (Å²) in [5.74, 6) is 0. The number of carbonyl (C=O) groups is 1. The maximum Gasteiger partial charge on any atom is 0.322 e. The lowest BCUT2D eigenvalue weighted by atomic mass is 10.1. The van der Waals surface area contributed by atoms with Crippen LogP contribution in [-0.2, 0) is 6.54 Å². The molecular formula is C20H20BrN3OS. The molecule has 2 aromatic carbocycles. The van der Waals surface area contributed by atoms with Gasteiger partial charge in [0.15, 0.2) is 0 Å². The van der Waals surface area contributed by atoms with E-state index in [4.69, 9.17) is 0 Å². The number of urea groups is 1. The molecule has 134 valence electrons. The van der Waals surface area contributed by atoms with Crippen LogP contribution in [0.25, 0.3) is 10.6 Å². The second kappa shape index (κ2) is 8.47. The Hall–Kier alpha value is -2.18. The number of nitrogens with zero attached hydrogens (tertiary/aromatic N) is 2. The van der Waals surface area contributed by atoms with E-state index in [1.54, 1.807) is 17.5 Å². The zero-order valence-corrected chi connectivity index (χ0v) is 17.0. The number of carbonyl (C=O) groups excluding carboxylic acids is 1. The summed E-state index contributed by atoms with van der Waals surface area (Å²) in [4.78, 5) is 19.0. The van der Waals surface area contributed by atoms with Crippen LogP contribution in [0.1, 0.15) is 19.4 Å². The fraction of sp³-hybridized carbons (Fsp3) is 0.200. The third kappa shape index (κ3) is 4.71. The van der Waals surface area contributed by atoms with Gasteiger partial charge in [-0.25, -0.2) is 9.78 Å². The fourth-order valence-electron chi connectivity index (χ4n) is 2.62. The van der Waals surface area contributed by atoms with Crippen molar-refractivity contribution < 1.29 is 4.79 Å². The largest absolute Gasteiger partial charge is 0.322 e. The molecule has 6 heteroatoms. The van der Waals surface area contributed by atoms with Gasteiger partial charge < -0.3 is 10.2 Å². The molecule has 0 bridgehead atoms. The predicted octanol–water partition coefficient (Wildman–Crippen LogP) is 6.02. The van der Waals surface area contributed by atoms with Crippen LogP contribution >= 0.6 is 27.3 Å². The molecule has 1 aromatic heterocycles. The summed E-state index contributed by atoms with van der Waals surface area (Å²) in [5.41, 5.74) is 2.93. The number of thiazole rings is 1. The minimum Gasteiger partial charge on any atom is -0.318 e. The summed E-state index contributed by atoms with van der Waals surface area (Å²) in [6, 6.07) is 15.8. The summed E-state index contributed by atoms with van der Waals surface area (Å²) in [5, 5.41) is 5.93. The van der Waals surface area contributed by atoms with Gasteiger partial charge in [0.1, 0.15) is 5.01 Å². The van der Waals surface area contributed by atoms with E-state index in [1.165, 1.54) is 0 Å². The Bertz CT molecular complexity index is 880. The number of hydrogen-bond acceptors (Lipinski definition) is 3. The first-order valence-electron chi connectivity index (χ1n) is 8.35. The lowest BCUT2D eigenvalue weighted by Gasteiger charge is -2.27. The van der Waals surface area contributed by atoms with Crippen LogP contribution in [0.2, 0.25) is 0 Å². The van der Waals surface area contributed by atoms with E-state index in [2.05, 4.69) is 32.3 Å². The first-order chi connectivity index (χ1) is 12.5. The van der Waals surface area contributed by atoms with Gasteiger partial charge in [-0.2, -0.15) is 0 Å². The highest BCUT2D eigenvalue weighted by atomic mass is 79.9. The summed E-state index contributed by atoms with van der Waals surface area (Å²) >= 11 is 5.04. The number of nitrogens with one attached hydrogen (secondary N) is 1. The van der Waals surface area contributed by atoms with Crippen molar-refractivity contribution in [3.8, 4) is 10.6 Å². The van der Waals surface area contributed by atoms with Crippen LogP contribution < -0.4 is 5.32 Å². The van der Waals surface area contributed by atoms with Gasteiger partial charge in [0.2, 0.25) is 0 Å². The molecule has 1 N–H and O–H groups in total. The van der Waals surface area contributed by atoms with Crippen LogP contribution in [0.15, 0.2) is 64.6 Å². The maximum absolute atomic E-state index is 12.8. The van der Waals surface area contributed by atoms with Crippen LogP contribution in [0.5, 0.6) is 0 Å². The molecule has 3 rings (SSSR count). The zero-order valence-electron chi connectivity index (χ0n) is 14.6. The van der Waals surface area contributed by atoms with Crippen LogP contribution in [0, 0.1) is 0 Å². The number of hydrogen-bond donors (Lipinski definition) is 1. The van der Waals surface area contributed by atoms with Gasteiger partial charge in [0.25, 0.3) is 0 Å². The van der Waals surface area contributed by atoms with E-state index >= 15 is 0 Å². The average Bonchev–Trinajstić information content (AvgIpc) is 3.14. The van der Waals surface area contributed by atoms with Gasteiger partial charge in [0, 0.05) is 39.9 Å². The molecule has 2 amide bonds. The molecule has 0 atom stereocenters. The zero-order chi connectivity index (χ0) is 18.5. The maximum atomic E-state index is 12.8. The molecule has 1 heterocycles. The number of aromatic nitrogens is 1. The van der Waals surface area contributed by atoms with Gasteiger partial charge in [-0.1, -0.05) is 40.2 Å². The SMILES string of the molecule is CC(C)N(Cc1cccc(-c2nccs2)c1)C(=O)Nc1cccc(Br)c1. The Morgan fingerprint density at radius 1 is 1.23 bits per heavy atom. The summed E-state index contributed by atoms with van der Waals surface area (Å²) in [6.45, 7) is 4.58. The van der Waals surface area contributed by atoms with Crippen molar-refractivity contribution in [1.29, 1.82) is 0 Å². The topological polar surface area (TPSA) is 45.2 Å². The highest BCUT2D eigenvalue weighted by Crippen LogP contribution is 2.24. The van der Waals surface area contributed by atoms with Crippen molar-refractivity contribution >= 4 is 39.0 Å². The highest BCUT2D eigenvalue weighted by molar-refractivity contribution is 9.10. The molecule has 3 aromatic rings. The molecule has 0 unspecified atom stereocenters. The van der Waals surface area contributed by atoms with Crippen molar-refractivity contribution in [3.63, 3.8) is 0 Å². The molecule has 0 radical (unpaired) electrons. The Kier molecular flexibility index (Phi) is 6.06. The minimum absolute atomic E-state index is 0.0747. The van der Waals surface area contributed by atoms with E-state index < -0.39 is 0 Å². The van der Waals surface area contributed by atoms with Crippen molar-refractivity contribution in [2.75, 3.05) is 5.32 Å². The Morgan fingerprint density at radius 2 is 2.04 bits per heavy atom. The molecule has 0 fully saturated rings. The Morgan fingerprint density at radius 3 is 2.73 bits per heavy atom. The minimum atomic E-state index is -0.113. The fourth-order valence-corrected chi connectivity index (χ4v) is 3.65. The second-order valence-corrected chi connectivity index (χ2v) is 8.01. The van der Waals surface area contributed by atoms with Gasteiger partial charge in [0.05, 0.1) is 0 Å². The van der Waals surface area contributed by atoms with Crippen molar-refractivity contribution in [3.05, 3.63) is 70.1 Å². The Balaban J connectivity index is 1.76. The number of anilines is 1. The first kappa shape index (κ1) is 18.6. The third-order valence-corrected chi connectivity index (χ3v) is 5.23. The summed E-state index contributed by atoms with van der Waals surface area (Å²) in [6.07, 6.45) is 1.80. The normalized spacial score (nSPS) is 10.8. The van der Waals surface area contributed by atoms with E-state index in [-0.39, 0.29) is 12.1 Å². The molecular weight excluding hydrogens is 410 g/mol. The molecule has 26 heavy (non-hydrogen) atoms. The van der Waals surface area contributed by atoms with Crippen LogP contribution in [-0.4, -0.2) is 22.0 Å². The summed E-state index contributed by atoms with van der Waals surface area (Å²) in [7, 11) is 0. The molecule has 0 saturated carbocycles. The monoisotopic (exact) mass is 429 g/mol. The van der Waals surface area contributed by atoms with E-state index in [0.29, 0.717) is 6.54 Å². The number of benzene rings is 2. The third-order valence-electron chi connectivity index (χ3n) is 3.92. The molecule has 0 spiro atoms. The first-order valence-corrected chi connectivity index (χ1v) is 10.0. The standard InChI is InChI=1S/C20H20BrN3OS/c1-14(2)24(20(25)23-18-8-4-7-17(21)12-18)13-15-5-3-6-16(11-15)19-22-9-10-26-19/h3-12,14H,13H2,1-2H3,(H,23,25). The molecule has 0 aliphatic heterocycles. The van der Waals surface area contributed by atoms with Crippen LogP contribution in [0.3, 0.4) is 0 Å². The second-order valence-electron chi connectivity index (χ2n) is 6.20. The molecule has 4 nitrogen and oxygen atoms in total. The average molecular weight is 430 g/mol. The highest BCUT2D eigenvalue weighted by Gasteiger charge is 2.18. The van der Waals surface area contributed by atoms with Crippen molar-refractivity contribution in [2.45, 2.75) is 26.4 Å². The molecule has 0 saturated heterocycles. The van der Waals surface area contributed by atoms with Gasteiger partial charge >= 0.3 is 6.03 Å². The Labute approximate surface area is 166 Å². The van der Waals surface area contributed by atoms with Gasteiger partial charge in [-0.05, 0) is 43.7 Å². The molecule has 0 aliphatic rings. The summed E-state index contributed by atoms with van der Waals surface area (Å²) < 4.78 is 0.933. The number of rotatable bonds is 5. The lowest BCUT2D eigenvalue weighted by molar-refractivity contribution is 0.193. The van der Waals surface area contributed by atoms with Crippen molar-refractivity contribution in [1.82, 2.24) is 9.88 Å². The predicted molar refractivity (Wildman–Crippen MR) is 111 cm³/mol. The lowest BCUT2D eigenvalue weighted by Crippen LogP contribution is -2.39. The van der Waals surface area contributed by atoms with E-state index in [1.807, 2.05) is 66.6 Å². The van der Waals surface area contributed by atoms with Crippen molar-refractivity contribution in [2.24, 2.45) is 0 Å². The number of amides is 2.